The van der Waals surface area contributed by atoms with Gasteiger partial charge in [-0.1, -0.05) is 13.0 Å². The highest BCUT2D eigenvalue weighted by Gasteiger charge is 2.34. The number of anilines is 1. The van der Waals surface area contributed by atoms with Crippen molar-refractivity contribution in [3.8, 4) is 0 Å². The Kier molecular flexibility index (Phi) is 4.88. The molecule has 1 aliphatic rings. The number of halogens is 3. The third-order valence-electron chi connectivity index (χ3n) is 3.68. The Morgan fingerprint density at radius 2 is 2.19 bits per heavy atom. The SMILES string of the molecule is CCNC(C)c1ccnc(N2CC=C(C(F)(F)F)CC2)c1. The van der Waals surface area contributed by atoms with Crippen molar-refractivity contribution in [1.29, 1.82) is 0 Å². The highest BCUT2D eigenvalue weighted by Crippen LogP contribution is 2.31. The molecule has 2 heterocycles. The Hall–Kier alpha value is -1.56. The van der Waals surface area contributed by atoms with Crippen molar-refractivity contribution in [2.24, 2.45) is 0 Å². The van der Waals surface area contributed by atoms with E-state index in [9.17, 15) is 13.2 Å². The van der Waals surface area contributed by atoms with Crippen LogP contribution in [-0.4, -0.2) is 30.8 Å². The second-order valence-corrected chi connectivity index (χ2v) is 5.15. The maximum absolute atomic E-state index is 12.6. The zero-order chi connectivity index (χ0) is 15.5. The first-order valence-electron chi connectivity index (χ1n) is 7.12. The fourth-order valence-corrected chi connectivity index (χ4v) is 2.44. The van der Waals surface area contributed by atoms with Crippen molar-refractivity contribution in [3.63, 3.8) is 0 Å². The number of nitrogens with zero attached hydrogens (tertiary/aromatic N) is 2. The molecule has 1 aromatic rings. The molecule has 0 aromatic carbocycles. The molecule has 0 amide bonds. The van der Waals surface area contributed by atoms with Crippen LogP contribution in [0.25, 0.3) is 0 Å². The molecule has 3 nitrogen and oxygen atoms in total. The fourth-order valence-electron chi connectivity index (χ4n) is 2.44. The number of rotatable bonds is 4. The number of pyridine rings is 1. The minimum atomic E-state index is -4.21. The van der Waals surface area contributed by atoms with E-state index >= 15 is 0 Å². The van der Waals surface area contributed by atoms with E-state index in [1.165, 1.54) is 6.08 Å². The van der Waals surface area contributed by atoms with Gasteiger partial charge in [0.15, 0.2) is 0 Å². The van der Waals surface area contributed by atoms with E-state index in [-0.39, 0.29) is 19.0 Å². The lowest BCUT2D eigenvalue weighted by atomic mass is 10.1. The standard InChI is InChI=1S/C15H20F3N3/c1-3-19-11(2)12-4-7-20-14(10-12)21-8-5-13(6-9-21)15(16,17)18/h4-5,7,10-11,19H,3,6,8-9H2,1-2H3. The quantitative estimate of drug-likeness (QED) is 0.863. The van der Waals surface area contributed by atoms with Crippen molar-refractivity contribution in [2.45, 2.75) is 32.5 Å². The van der Waals surface area contributed by atoms with Crippen molar-refractivity contribution in [1.82, 2.24) is 10.3 Å². The zero-order valence-electron chi connectivity index (χ0n) is 12.2. The summed E-state index contributed by atoms with van der Waals surface area (Å²) in [6.07, 6.45) is -1.23. The molecule has 1 N–H and O–H groups in total. The lowest BCUT2D eigenvalue weighted by Gasteiger charge is -2.28. The number of aromatic nitrogens is 1. The Morgan fingerprint density at radius 1 is 1.43 bits per heavy atom. The predicted octanol–water partition coefficient (Wildman–Crippen LogP) is 3.45. The fraction of sp³-hybridized carbons (Fsp3) is 0.533. The molecule has 21 heavy (non-hydrogen) atoms. The summed E-state index contributed by atoms with van der Waals surface area (Å²) in [7, 11) is 0. The largest absolute Gasteiger partial charge is 0.412 e. The highest BCUT2D eigenvalue weighted by atomic mass is 19.4. The molecule has 0 bridgehead atoms. The summed E-state index contributed by atoms with van der Waals surface area (Å²) in [5.41, 5.74) is 0.656. The summed E-state index contributed by atoms with van der Waals surface area (Å²) < 4.78 is 37.8. The van der Waals surface area contributed by atoms with E-state index in [0.717, 1.165) is 17.9 Å². The van der Waals surface area contributed by atoms with Crippen LogP contribution in [0.5, 0.6) is 0 Å². The predicted molar refractivity (Wildman–Crippen MR) is 77.3 cm³/mol. The van der Waals surface area contributed by atoms with E-state index in [4.69, 9.17) is 0 Å². The van der Waals surface area contributed by atoms with Crippen LogP contribution < -0.4 is 10.2 Å². The van der Waals surface area contributed by atoms with Gasteiger partial charge in [0.05, 0.1) is 0 Å². The Balaban J connectivity index is 2.10. The van der Waals surface area contributed by atoms with Crippen LogP contribution >= 0.6 is 0 Å². The molecule has 0 spiro atoms. The molecule has 0 fully saturated rings. The van der Waals surface area contributed by atoms with Gasteiger partial charge in [0.2, 0.25) is 0 Å². The molecule has 0 saturated carbocycles. The number of hydrogen-bond donors (Lipinski definition) is 1. The molecule has 1 atom stereocenters. The lowest BCUT2D eigenvalue weighted by molar-refractivity contribution is -0.0944. The smallest absolute Gasteiger partial charge is 0.353 e. The first kappa shape index (κ1) is 15.8. The molecular formula is C15H20F3N3. The maximum atomic E-state index is 12.6. The Labute approximate surface area is 122 Å². The Bertz CT molecular complexity index is 511. The summed E-state index contributed by atoms with van der Waals surface area (Å²) in [5.74, 6) is 0.731. The molecule has 1 aromatic heterocycles. The number of hydrogen-bond acceptors (Lipinski definition) is 3. The molecule has 116 valence electrons. The minimum absolute atomic E-state index is 0.0121. The average molecular weight is 299 g/mol. The average Bonchev–Trinajstić information content (AvgIpc) is 2.47. The van der Waals surface area contributed by atoms with Crippen LogP contribution in [0.4, 0.5) is 19.0 Å². The molecule has 2 rings (SSSR count). The minimum Gasteiger partial charge on any atom is -0.353 e. The van der Waals surface area contributed by atoms with Gasteiger partial charge >= 0.3 is 6.18 Å². The highest BCUT2D eigenvalue weighted by molar-refractivity contribution is 5.44. The van der Waals surface area contributed by atoms with Crippen molar-refractivity contribution >= 4 is 5.82 Å². The normalized spacial score (nSPS) is 17.6. The summed E-state index contributed by atoms with van der Waals surface area (Å²) in [6.45, 7) is 5.55. The van der Waals surface area contributed by atoms with Crippen LogP contribution in [0.15, 0.2) is 30.0 Å². The second-order valence-electron chi connectivity index (χ2n) is 5.15. The van der Waals surface area contributed by atoms with Crippen molar-refractivity contribution in [2.75, 3.05) is 24.5 Å². The molecule has 0 radical (unpaired) electrons. The third-order valence-corrected chi connectivity index (χ3v) is 3.68. The van der Waals surface area contributed by atoms with Gasteiger partial charge < -0.3 is 10.2 Å². The van der Waals surface area contributed by atoms with Gasteiger partial charge in [-0.2, -0.15) is 13.2 Å². The lowest BCUT2D eigenvalue weighted by Crippen LogP contribution is -2.32. The van der Waals surface area contributed by atoms with E-state index in [0.29, 0.717) is 6.54 Å². The van der Waals surface area contributed by atoms with E-state index in [2.05, 4.69) is 17.2 Å². The van der Waals surface area contributed by atoms with Crippen molar-refractivity contribution < 1.29 is 13.2 Å². The van der Waals surface area contributed by atoms with E-state index < -0.39 is 11.7 Å². The van der Waals surface area contributed by atoms with Crippen LogP contribution in [-0.2, 0) is 0 Å². The van der Waals surface area contributed by atoms with Crippen LogP contribution in [0.1, 0.15) is 31.9 Å². The first-order chi connectivity index (χ1) is 9.91. The number of alkyl halides is 3. The van der Waals surface area contributed by atoms with Gasteiger partial charge in [-0.15, -0.1) is 0 Å². The molecule has 0 saturated heterocycles. The molecule has 1 aliphatic heterocycles. The Morgan fingerprint density at radius 3 is 2.76 bits per heavy atom. The molecular weight excluding hydrogens is 279 g/mol. The number of nitrogens with one attached hydrogen (secondary N) is 1. The van der Waals surface area contributed by atoms with Crippen molar-refractivity contribution in [3.05, 3.63) is 35.5 Å². The van der Waals surface area contributed by atoms with Gasteiger partial charge in [0, 0.05) is 30.9 Å². The monoisotopic (exact) mass is 299 g/mol. The first-order valence-corrected chi connectivity index (χ1v) is 7.12. The van der Waals surface area contributed by atoms with Gasteiger partial charge in [-0.3, -0.25) is 0 Å². The van der Waals surface area contributed by atoms with Gasteiger partial charge in [0.1, 0.15) is 5.82 Å². The van der Waals surface area contributed by atoms with Crippen LogP contribution in [0.2, 0.25) is 0 Å². The maximum Gasteiger partial charge on any atom is 0.412 e. The van der Waals surface area contributed by atoms with E-state index in [1.807, 2.05) is 24.0 Å². The van der Waals surface area contributed by atoms with Gasteiger partial charge in [-0.05, 0) is 37.6 Å². The van der Waals surface area contributed by atoms with E-state index in [1.54, 1.807) is 6.20 Å². The molecule has 0 aliphatic carbocycles. The van der Waals surface area contributed by atoms with Gasteiger partial charge in [-0.25, -0.2) is 4.98 Å². The second kappa shape index (κ2) is 6.47. The topological polar surface area (TPSA) is 28.2 Å². The zero-order valence-corrected chi connectivity index (χ0v) is 12.2. The molecule has 6 heteroatoms. The summed E-state index contributed by atoms with van der Waals surface area (Å²) in [6, 6.07) is 4.07. The summed E-state index contributed by atoms with van der Waals surface area (Å²) >= 11 is 0. The summed E-state index contributed by atoms with van der Waals surface area (Å²) in [5, 5.41) is 3.31. The summed E-state index contributed by atoms with van der Waals surface area (Å²) in [4.78, 5) is 6.15. The van der Waals surface area contributed by atoms with Gasteiger partial charge in [0.25, 0.3) is 0 Å². The third kappa shape index (κ3) is 3.97. The van der Waals surface area contributed by atoms with Crippen LogP contribution in [0.3, 0.4) is 0 Å². The molecule has 1 unspecified atom stereocenters. The van der Waals surface area contributed by atoms with Crippen LogP contribution in [0, 0.1) is 0 Å².